The molecular weight excluding hydrogens is 260 g/mol. The van der Waals surface area contributed by atoms with Crippen molar-refractivity contribution in [1.82, 2.24) is 4.98 Å². The van der Waals surface area contributed by atoms with Gasteiger partial charge in [-0.3, -0.25) is 4.98 Å². The highest BCUT2D eigenvalue weighted by Crippen LogP contribution is 2.19. The van der Waals surface area contributed by atoms with Crippen LogP contribution < -0.4 is 10.5 Å². The Labute approximate surface area is 116 Å². The highest BCUT2D eigenvalue weighted by molar-refractivity contribution is 7.80. The maximum Gasteiger partial charge on any atom is 0.125 e. The molecule has 0 saturated carbocycles. The van der Waals surface area contributed by atoms with Crippen molar-refractivity contribution in [2.45, 2.75) is 13.2 Å². The first-order valence-electron chi connectivity index (χ1n) is 5.77. The van der Waals surface area contributed by atoms with Gasteiger partial charge >= 0.3 is 0 Å². The maximum absolute atomic E-state index is 9.23. The number of aromatic nitrogens is 1. The molecule has 19 heavy (non-hydrogen) atoms. The Hall–Kier alpha value is -1.98. The van der Waals surface area contributed by atoms with Crippen LogP contribution in [0.1, 0.15) is 16.8 Å². The van der Waals surface area contributed by atoms with Gasteiger partial charge in [-0.05, 0) is 12.1 Å². The Kier molecular flexibility index (Phi) is 4.43. The summed E-state index contributed by atoms with van der Waals surface area (Å²) in [7, 11) is 0. The summed E-state index contributed by atoms with van der Waals surface area (Å²) in [4.78, 5) is 4.38. The first kappa shape index (κ1) is 13.5. The van der Waals surface area contributed by atoms with E-state index in [4.69, 9.17) is 22.7 Å². The molecule has 0 atom stereocenters. The van der Waals surface area contributed by atoms with Crippen molar-refractivity contribution in [3.63, 3.8) is 0 Å². The van der Waals surface area contributed by atoms with Crippen LogP contribution in [0.3, 0.4) is 0 Å². The zero-order valence-electron chi connectivity index (χ0n) is 10.2. The van der Waals surface area contributed by atoms with Gasteiger partial charge in [0.15, 0.2) is 0 Å². The summed E-state index contributed by atoms with van der Waals surface area (Å²) >= 11 is 4.95. The van der Waals surface area contributed by atoms with Gasteiger partial charge in [0.05, 0.1) is 6.61 Å². The molecule has 0 unspecified atom stereocenters. The smallest absolute Gasteiger partial charge is 0.125 e. The SMILES string of the molecule is NC(=S)c1ncccc1COc1ccccc1CO. The van der Waals surface area contributed by atoms with Crippen LogP contribution in [0.15, 0.2) is 42.6 Å². The molecule has 0 saturated heterocycles. The molecule has 0 fully saturated rings. The molecule has 3 N–H and O–H groups in total. The van der Waals surface area contributed by atoms with E-state index in [1.165, 1.54) is 0 Å². The van der Waals surface area contributed by atoms with E-state index in [1.807, 2.05) is 30.3 Å². The molecule has 2 rings (SSSR count). The van der Waals surface area contributed by atoms with Gasteiger partial charge in [0.25, 0.3) is 0 Å². The van der Waals surface area contributed by atoms with Crippen molar-refractivity contribution >= 4 is 17.2 Å². The summed E-state index contributed by atoms with van der Waals surface area (Å²) in [5.74, 6) is 0.641. The van der Waals surface area contributed by atoms with E-state index in [0.29, 0.717) is 18.1 Å². The van der Waals surface area contributed by atoms with Crippen molar-refractivity contribution in [2.24, 2.45) is 5.73 Å². The molecule has 0 aliphatic heterocycles. The number of nitrogens with zero attached hydrogens (tertiary/aromatic N) is 1. The van der Waals surface area contributed by atoms with E-state index < -0.39 is 0 Å². The summed E-state index contributed by atoms with van der Waals surface area (Å²) < 4.78 is 5.69. The average molecular weight is 274 g/mol. The summed E-state index contributed by atoms with van der Waals surface area (Å²) in [6.07, 6.45) is 1.64. The van der Waals surface area contributed by atoms with Crippen molar-refractivity contribution < 1.29 is 9.84 Å². The highest BCUT2D eigenvalue weighted by atomic mass is 32.1. The second-order valence-electron chi connectivity index (χ2n) is 3.93. The van der Waals surface area contributed by atoms with Gasteiger partial charge in [-0.25, -0.2) is 0 Å². The molecule has 0 amide bonds. The minimum absolute atomic E-state index is 0.0641. The second-order valence-corrected chi connectivity index (χ2v) is 4.37. The second kappa shape index (κ2) is 6.26. The molecule has 1 aromatic heterocycles. The summed E-state index contributed by atoms with van der Waals surface area (Å²) in [6.45, 7) is 0.239. The van der Waals surface area contributed by atoms with Gasteiger partial charge in [0, 0.05) is 17.3 Å². The normalized spacial score (nSPS) is 10.2. The number of pyridine rings is 1. The van der Waals surface area contributed by atoms with Crippen molar-refractivity contribution in [3.8, 4) is 5.75 Å². The molecule has 1 heterocycles. The fourth-order valence-corrected chi connectivity index (χ4v) is 1.89. The molecule has 1 aromatic carbocycles. The Balaban J connectivity index is 2.17. The maximum atomic E-state index is 9.23. The molecule has 4 nitrogen and oxygen atoms in total. The van der Waals surface area contributed by atoms with Crippen LogP contribution in [-0.2, 0) is 13.2 Å². The van der Waals surface area contributed by atoms with E-state index in [-0.39, 0.29) is 11.6 Å². The number of hydrogen-bond acceptors (Lipinski definition) is 4. The van der Waals surface area contributed by atoms with Gasteiger partial charge in [0.2, 0.25) is 0 Å². The largest absolute Gasteiger partial charge is 0.488 e. The number of aliphatic hydroxyl groups is 1. The lowest BCUT2D eigenvalue weighted by molar-refractivity contribution is 0.259. The average Bonchev–Trinajstić information content (AvgIpc) is 2.45. The lowest BCUT2D eigenvalue weighted by Gasteiger charge is -2.11. The molecule has 0 aliphatic carbocycles. The molecule has 0 aliphatic rings. The van der Waals surface area contributed by atoms with Crippen LogP contribution in [0, 0.1) is 0 Å². The monoisotopic (exact) mass is 274 g/mol. The predicted molar refractivity (Wildman–Crippen MR) is 76.8 cm³/mol. The zero-order chi connectivity index (χ0) is 13.7. The summed E-state index contributed by atoms with van der Waals surface area (Å²) in [6, 6.07) is 11.0. The molecule has 0 bridgehead atoms. The topological polar surface area (TPSA) is 68.4 Å². The minimum Gasteiger partial charge on any atom is -0.488 e. The highest BCUT2D eigenvalue weighted by Gasteiger charge is 2.08. The Morgan fingerprint density at radius 3 is 2.68 bits per heavy atom. The Bertz CT molecular complexity index is 587. The number of para-hydroxylation sites is 1. The van der Waals surface area contributed by atoms with E-state index in [1.54, 1.807) is 12.3 Å². The molecule has 5 heteroatoms. The van der Waals surface area contributed by atoms with E-state index in [0.717, 1.165) is 11.1 Å². The quantitative estimate of drug-likeness (QED) is 0.814. The number of rotatable bonds is 5. The summed E-state index contributed by atoms with van der Waals surface area (Å²) in [5.41, 5.74) is 7.74. The Morgan fingerprint density at radius 2 is 1.95 bits per heavy atom. The standard InChI is InChI=1S/C14H14N2O2S/c15-14(19)13-11(5-3-7-16-13)9-18-12-6-2-1-4-10(12)8-17/h1-7,17H,8-9H2,(H2,15,19). The van der Waals surface area contributed by atoms with E-state index >= 15 is 0 Å². The number of hydrogen-bond donors (Lipinski definition) is 2. The fraction of sp³-hybridized carbons (Fsp3) is 0.143. The number of thiocarbonyl (C=S) groups is 1. The fourth-order valence-electron chi connectivity index (χ4n) is 1.71. The van der Waals surface area contributed by atoms with E-state index in [2.05, 4.69) is 4.98 Å². The number of nitrogens with two attached hydrogens (primary N) is 1. The van der Waals surface area contributed by atoms with E-state index in [9.17, 15) is 5.11 Å². The van der Waals surface area contributed by atoms with Crippen molar-refractivity contribution in [2.75, 3.05) is 0 Å². The van der Waals surface area contributed by atoms with Crippen LogP contribution in [0.5, 0.6) is 5.75 Å². The van der Waals surface area contributed by atoms with Gasteiger partial charge in [-0.15, -0.1) is 0 Å². The first-order valence-corrected chi connectivity index (χ1v) is 6.18. The first-order chi connectivity index (χ1) is 9.22. The third-order valence-corrected chi connectivity index (χ3v) is 2.84. The number of ether oxygens (including phenoxy) is 1. The third kappa shape index (κ3) is 3.27. The molecule has 0 radical (unpaired) electrons. The van der Waals surface area contributed by atoms with Crippen molar-refractivity contribution in [1.29, 1.82) is 0 Å². The molecule has 2 aromatic rings. The van der Waals surface area contributed by atoms with Crippen LogP contribution in [0.25, 0.3) is 0 Å². The van der Waals surface area contributed by atoms with Gasteiger partial charge < -0.3 is 15.6 Å². The van der Waals surface area contributed by atoms with Crippen LogP contribution >= 0.6 is 12.2 Å². The lowest BCUT2D eigenvalue weighted by Crippen LogP contribution is -2.15. The molecule has 0 spiro atoms. The van der Waals surface area contributed by atoms with Crippen molar-refractivity contribution in [3.05, 3.63) is 59.4 Å². The lowest BCUT2D eigenvalue weighted by atomic mass is 10.2. The van der Waals surface area contributed by atoms with Gasteiger partial charge in [0.1, 0.15) is 23.0 Å². The van der Waals surface area contributed by atoms with Gasteiger partial charge in [-0.2, -0.15) is 0 Å². The van der Waals surface area contributed by atoms with Crippen LogP contribution in [0.4, 0.5) is 0 Å². The number of aliphatic hydroxyl groups excluding tert-OH is 1. The molecule has 98 valence electrons. The number of benzene rings is 1. The zero-order valence-corrected chi connectivity index (χ0v) is 11.1. The van der Waals surface area contributed by atoms with Crippen LogP contribution in [0.2, 0.25) is 0 Å². The Morgan fingerprint density at radius 1 is 1.21 bits per heavy atom. The van der Waals surface area contributed by atoms with Crippen LogP contribution in [-0.4, -0.2) is 15.1 Å². The minimum atomic E-state index is -0.0641. The van der Waals surface area contributed by atoms with Gasteiger partial charge in [-0.1, -0.05) is 36.5 Å². The summed E-state index contributed by atoms with van der Waals surface area (Å²) in [5, 5.41) is 9.23. The molecular formula is C14H14N2O2S. The third-order valence-electron chi connectivity index (χ3n) is 2.65. The predicted octanol–water partition coefficient (Wildman–Crippen LogP) is 1.79.